The Hall–Kier alpha value is -2.38. The second kappa shape index (κ2) is 7.70. The average molecular weight is 407 g/mol. The van der Waals surface area contributed by atoms with Crippen molar-refractivity contribution in [2.75, 3.05) is 0 Å². The Morgan fingerprint density at radius 3 is 3.00 bits per heavy atom. The van der Waals surface area contributed by atoms with Crippen LogP contribution in [0.15, 0.2) is 40.1 Å². The van der Waals surface area contributed by atoms with E-state index in [2.05, 4.69) is 10.3 Å². The van der Waals surface area contributed by atoms with Gasteiger partial charge in [0.05, 0.1) is 22.3 Å². The molecule has 1 amide bonds. The number of rotatable bonds is 7. The summed E-state index contributed by atoms with van der Waals surface area (Å²) in [6.45, 7) is 0.440. The van der Waals surface area contributed by atoms with Crippen molar-refractivity contribution in [1.29, 1.82) is 0 Å². The summed E-state index contributed by atoms with van der Waals surface area (Å²) < 4.78 is 24.0. The molecule has 0 saturated heterocycles. The number of benzene rings is 1. The Bertz CT molecular complexity index is 968. The first-order valence-electron chi connectivity index (χ1n) is 8.47. The van der Waals surface area contributed by atoms with E-state index >= 15 is 0 Å². The third-order valence-electron chi connectivity index (χ3n) is 4.08. The molecule has 3 aromatic rings. The minimum atomic E-state index is -0.436. The van der Waals surface area contributed by atoms with Crippen LogP contribution in [0.5, 0.6) is 5.75 Å². The maximum Gasteiger partial charge on any atom is 0.287 e. The number of thiazole rings is 1. The summed E-state index contributed by atoms with van der Waals surface area (Å²) >= 11 is 7.55. The predicted molar refractivity (Wildman–Crippen MR) is 99.7 cm³/mol. The van der Waals surface area contributed by atoms with Crippen molar-refractivity contribution in [3.05, 3.63) is 68.8 Å². The third kappa shape index (κ3) is 4.48. The van der Waals surface area contributed by atoms with Crippen molar-refractivity contribution >= 4 is 28.8 Å². The highest BCUT2D eigenvalue weighted by Gasteiger charge is 2.26. The van der Waals surface area contributed by atoms with E-state index in [0.29, 0.717) is 24.0 Å². The normalized spacial score (nSPS) is 13.6. The van der Waals surface area contributed by atoms with Gasteiger partial charge in [0.25, 0.3) is 5.91 Å². The molecule has 27 heavy (non-hydrogen) atoms. The lowest BCUT2D eigenvalue weighted by atomic mass is 10.3. The first-order chi connectivity index (χ1) is 13.1. The molecular weight excluding hydrogens is 391 g/mol. The number of hydrogen-bond donors (Lipinski definition) is 1. The van der Waals surface area contributed by atoms with Gasteiger partial charge in [0, 0.05) is 11.3 Å². The Morgan fingerprint density at radius 1 is 1.37 bits per heavy atom. The molecule has 140 valence electrons. The number of carbonyl (C=O) groups excluding carboxylic acids is 1. The van der Waals surface area contributed by atoms with Crippen LogP contribution in [0.2, 0.25) is 5.02 Å². The van der Waals surface area contributed by atoms with Crippen LogP contribution in [0.4, 0.5) is 4.39 Å². The van der Waals surface area contributed by atoms with Gasteiger partial charge in [0.2, 0.25) is 0 Å². The van der Waals surface area contributed by atoms with Crippen LogP contribution < -0.4 is 10.1 Å². The van der Waals surface area contributed by atoms with Gasteiger partial charge in [-0.15, -0.1) is 11.3 Å². The number of halogens is 2. The fourth-order valence-electron chi connectivity index (χ4n) is 2.50. The minimum absolute atomic E-state index is 0.0788. The molecule has 5 nitrogen and oxygen atoms in total. The molecule has 1 saturated carbocycles. The second-order valence-corrected chi connectivity index (χ2v) is 7.56. The molecule has 1 aliphatic carbocycles. The van der Waals surface area contributed by atoms with E-state index in [4.69, 9.17) is 20.8 Å². The Morgan fingerprint density at radius 2 is 2.22 bits per heavy atom. The molecule has 2 aromatic heterocycles. The molecule has 0 spiro atoms. The van der Waals surface area contributed by atoms with Crippen LogP contribution in [-0.2, 0) is 13.2 Å². The predicted octanol–water partition coefficient (Wildman–Crippen LogP) is 4.92. The van der Waals surface area contributed by atoms with Crippen LogP contribution in [0, 0.1) is 5.82 Å². The Labute approximate surface area is 164 Å². The zero-order valence-electron chi connectivity index (χ0n) is 14.2. The molecule has 0 radical (unpaired) electrons. The lowest BCUT2D eigenvalue weighted by Gasteiger charge is -2.06. The third-order valence-corrected chi connectivity index (χ3v) is 5.43. The SMILES string of the molecule is O=C(NCc1csc(C2CC2)n1)c1ccc(COc2ccc(F)cc2Cl)o1. The van der Waals surface area contributed by atoms with E-state index in [1.807, 2.05) is 5.38 Å². The first kappa shape index (κ1) is 18.0. The topological polar surface area (TPSA) is 64.4 Å². The van der Waals surface area contributed by atoms with Crippen molar-refractivity contribution < 1.29 is 18.3 Å². The second-order valence-electron chi connectivity index (χ2n) is 6.26. The van der Waals surface area contributed by atoms with Crippen LogP contribution in [-0.4, -0.2) is 10.9 Å². The van der Waals surface area contributed by atoms with Crippen LogP contribution in [0.25, 0.3) is 0 Å². The van der Waals surface area contributed by atoms with Gasteiger partial charge in [0.15, 0.2) is 5.76 Å². The molecular formula is C19H16ClFN2O3S. The molecule has 1 aromatic carbocycles. The standard InChI is InChI=1S/C19H16ClFN2O3S/c20-15-7-12(21)3-5-16(15)25-9-14-4-6-17(26-14)18(24)22-8-13-10-27-19(23-13)11-1-2-11/h3-7,10-11H,1-2,8-9H2,(H,22,24). The van der Waals surface area contributed by atoms with Gasteiger partial charge in [-0.25, -0.2) is 9.37 Å². The molecule has 1 aliphatic rings. The van der Waals surface area contributed by atoms with Crippen LogP contribution in [0.1, 0.15) is 45.8 Å². The molecule has 0 bridgehead atoms. The molecule has 0 atom stereocenters. The van der Waals surface area contributed by atoms with Gasteiger partial charge >= 0.3 is 0 Å². The summed E-state index contributed by atoms with van der Waals surface area (Å²) in [4.78, 5) is 16.8. The van der Waals surface area contributed by atoms with Crippen molar-refractivity contribution in [2.45, 2.75) is 31.9 Å². The number of amides is 1. The van der Waals surface area contributed by atoms with Gasteiger partial charge in [0.1, 0.15) is 23.9 Å². The molecule has 1 fully saturated rings. The van der Waals surface area contributed by atoms with Crippen molar-refractivity contribution in [3.63, 3.8) is 0 Å². The number of carbonyl (C=O) groups is 1. The van der Waals surface area contributed by atoms with Crippen molar-refractivity contribution in [3.8, 4) is 5.75 Å². The Balaban J connectivity index is 1.30. The average Bonchev–Trinajstić information content (AvgIpc) is 3.20. The van der Waals surface area contributed by atoms with E-state index in [-0.39, 0.29) is 23.3 Å². The highest BCUT2D eigenvalue weighted by Crippen LogP contribution is 2.41. The van der Waals surface area contributed by atoms with Crippen molar-refractivity contribution in [1.82, 2.24) is 10.3 Å². The van der Waals surface area contributed by atoms with Gasteiger partial charge in [-0.05, 0) is 43.2 Å². The van der Waals surface area contributed by atoms with E-state index in [1.54, 1.807) is 23.5 Å². The largest absolute Gasteiger partial charge is 0.484 e. The molecule has 2 heterocycles. The smallest absolute Gasteiger partial charge is 0.287 e. The fraction of sp³-hybridized carbons (Fsp3) is 0.263. The minimum Gasteiger partial charge on any atom is -0.484 e. The number of ether oxygens (including phenoxy) is 1. The molecule has 0 aliphatic heterocycles. The van der Waals surface area contributed by atoms with Crippen molar-refractivity contribution in [2.24, 2.45) is 0 Å². The lowest BCUT2D eigenvalue weighted by Crippen LogP contribution is -2.22. The fourth-order valence-corrected chi connectivity index (χ4v) is 3.71. The summed E-state index contributed by atoms with van der Waals surface area (Å²) in [5.41, 5.74) is 0.858. The molecule has 8 heteroatoms. The van der Waals surface area contributed by atoms with E-state index in [9.17, 15) is 9.18 Å². The van der Waals surface area contributed by atoms with Gasteiger partial charge in [-0.2, -0.15) is 0 Å². The van der Waals surface area contributed by atoms with Crippen LogP contribution in [0.3, 0.4) is 0 Å². The summed E-state index contributed by atoms with van der Waals surface area (Å²) in [5.74, 6) is 0.856. The van der Waals surface area contributed by atoms with E-state index in [1.165, 1.54) is 31.0 Å². The lowest BCUT2D eigenvalue weighted by molar-refractivity contribution is 0.0918. The maximum absolute atomic E-state index is 13.0. The zero-order chi connectivity index (χ0) is 18.8. The monoisotopic (exact) mass is 406 g/mol. The van der Waals surface area contributed by atoms with Crippen LogP contribution >= 0.6 is 22.9 Å². The van der Waals surface area contributed by atoms with Gasteiger partial charge in [-0.1, -0.05) is 11.6 Å². The summed E-state index contributed by atoms with van der Waals surface area (Å²) in [6, 6.07) is 7.11. The first-order valence-corrected chi connectivity index (χ1v) is 9.73. The van der Waals surface area contributed by atoms with E-state index < -0.39 is 5.82 Å². The number of nitrogens with one attached hydrogen (secondary N) is 1. The number of nitrogens with zero attached hydrogens (tertiary/aromatic N) is 1. The summed E-state index contributed by atoms with van der Waals surface area (Å²) in [6.07, 6.45) is 2.42. The summed E-state index contributed by atoms with van der Waals surface area (Å²) in [7, 11) is 0. The number of hydrogen-bond acceptors (Lipinski definition) is 5. The van der Waals surface area contributed by atoms with E-state index in [0.717, 1.165) is 10.7 Å². The van der Waals surface area contributed by atoms with Gasteiger partial charge in [-0.3, -0.25) is 4.79 Å². The summed E-state index contributed by atoms with van der Waals surface area (Å²) in [5, 5.41) is 6.10. The van der Waals surface area contributed by atoms with Gasteiger partial charge < -0.3 is 14.5 Å². The maximum atomic E-state index is 13.0. The Kier molecular flexibility index (Phi) is 5.13. The molecule has 1 N–H and O–H groups in total. The molecule has 0 unspecified atom stereocenters. The zero-order valence-corrected chi connectivity index (χ0v) is 15.8. The highest BCUT2D eigenvalue weighted by atomic mass is 35.5. The number of furan rings is 1. The quantitative estimate of drug-likeness (QED) is 0.605. The highest BCUT2D eigenvalue weighted by molar-refractivity contribution is 7.09. The number of aromatic nitrogens is 1. The molecule has 4 rings (SSSR count).